The van der Waals surface area contributed by atoms with E-state index in [0.717, 1.165) is 68.8 Å². The lowest BCUT2D eigenvalue weighted by Gasteiger charge is -2.48. The topological polar surface area (TPSA) is 83.1 Å². The van der Waals surface area contributed by atoms with Gasteiger partial charge in [0.25, 0.3) is 0 Å². The number of anilines is 1. The summed E-state index contributed by atoms with van der Waals surface area (Å²) in [6.45, 7) is 5.29. The van der Waals surface area contributed by atoms with Crippen molar-refractivity contribution < 1.29 is 19.1 Å². The number of methoxy groups -OCH3 is 1. The summed E-state index contributed by atoms with van der Waals surface area (Å²) in [5, 5.41) is 6.31. The first-order chi connectivity index (χ1) is 36.4. The first-order valence-corrected chi connectivity index (χ1v) is 28.3. The van der Waals surface area contributed by atoms with Crippen molar-refractivity contribution >= 4 is 41.2 Å². The molecule has 2 amide bonds. The number of nitrogens with zero attached hydrogens (tertiary/aromatic N) is 2. The minimum Gasteiger partial charge on any atom is -0.495 e. The number of carbonyl (C=O) groups excluding carboxylic acids is 2. The molecule has 2 fully saturated rings. The maximum absolute atomic E-state index is 14.3. The third-order valence-electron chi connectivity index (χ3n) is 14.8. The van der Waals surface area contributed by atoms with Crippen molar-refractivity contribution in [2.45, 2.75) is 73.1 Å². The zero-order valence-electron chi connectivity index (χ0n) is 42.8. The lowest BCUT2D eigenvalue weighted by atomic mass is 9.82. The summed E-state index contributed by atoms with van der Waals surface area (Å²) in [7, 11) is 1.61. The number of ether oxygens (including phenoxy) is 2. The van der Waals surface area contributed by atoms with Crippen LogP contribution < -0.4 is 15.4 Å². The van der Waals surface area contributed by atoms with Gasteiger partial charge in [0.2, 0.25) is 5.91 Å². The maximum Gasteiger partial charge on any atom is 0.412 e. The van der Waals surface area contributed by atoms with Gasteiger partial charge < -0.3 is 14.8 Å². The highest BCUT2D eigenvalue weighted by atomic mass is 32.2. The van der Waals surface area contributed by atoms with Crippen molar-refractivity contribution in [1.82, 2.24) is 15.1 Å². The van der Waals surface area contributed by atoms with Crippen LogP contribution in [0.1, 0.15) is 77.5 Å². The van der Waals surface area contributed by atoms with Crippen LogP contribution in [0.5, 0.6) is 5.75 Å². The van der Waals surface area contributed by atoms with E-state index in [-0.39, 0.29) is 12.0 Å². The third-order valence-corrected chi connectivity index (χ3v) is 17.8. The highest BCUT2D eigenvalue weighted by molar-refractivity contribution is 8.00. The summed E-state index contributed by atoms with van der Waals surface area (Å²) in [4.78, 5) is 32.6. The number of amides is 2. The molecule has 2 aliphatic rings. The van der Waals surface area contributed by atoms with E-state index in [9.17, 15) is 9.59 Å². The Morgan fingerprint density at radius 1 is 0.608 bits per heavy atom. The summed E-state index contributed by atoms with van der Waals surface area (Å²) < 4.78 is 10.7. The van der Waals surface area contributed by atoms with Gasteiger partial charge in [-0.05, 0) is 90.4 Å². The van der Waals surface area contributed by atoms with Crippen molar-refractivity contribution in [2.24, 2.45) is 0 Å². The summed E-state index contributed by atoms with van der Waals surface area (Å²) in [5.74, 6) is 2.18. The van der Waals surface area contributed by atoms with E-state index < -0.39 is 15.6 Å². The molecule has 0 saturated carbocycles. The number of hydrogen-bond donors (Lipinski definition) is 2. The molecule has 0 spiro atoms. The summed E-state index contributed by atoms with van der Waals surface area (Å²) in [5.41, 5.74) is 8.97. The molecule has 0 radical (unpaired) electrons. The molecule has 2 bridgehead atoms. The zero-order valence-corrected chi connectivity index (χ0v) is 44.5. The largest absolute Gasteiger partial charge is 0.495 e. The lowest BCUT2D eigenvalue weighted by molar-refractivity contribution is -0.122. The standard InChI is InChI=1S/C64H70N4O4S2/c1-49-37-38-60(71-2)59(45-49)66-62(70)72-58-46-56-35-21-36-57(47-58)68(56)41-22-40-67(42-44-74-64(53-29-15-6-16-30-53,54-31-17-7-18-32-54)55-33-19-8-20-34-55)48-61(69)65-39-43-73-63(50-23-9-3-10-24-50,51-25-11-4-12-26-51)52-27-13-5-14-28-52/h3-20,23-34,37-38,45,56-58H,21-22,35-36,39-44,46-48H2,1-2H3,(H,65,69)(H,66,70)/t56-,57+,58?. The molecule has 10 heteroatoms. The van der Waals surface area contributed by atoms with Crippen LogP contribution in [0.15, 0.2) is 200 Å². The van der Waals surface area contributed by atoms with Gasteiger partial charge in [-0.1, -0.05) is 194 Å². The average Bonchev–Trinajstić information content (AvgIpc) is 3.45. The van der Waals surface area contributed by atoms with Gasteiger partial charge in [0.05, 0.1) is 28.8 Å². The number of fused-ring (bicyclic) bond motifs is 2. The third kappa shape index (κ3) is 12.6. The SMILES string of the molecule is COc1ccc(C)cc1NC(=O)OC1C[C@H]2CCC[C@@H](C1)N2CCCN(CCSC(c1ccccc1)(c1ccccc1)c1ccccc1)CC(=O)NCCSC(c1ccccc1)(c1ccccc1)c1ccccc1. The minimum atomic E-state index is -0.457. The number of thioether (sulfide) groups is 2. The van der Waals surface area contributed by atoms with E-state index in [2.05, 4.69) is 202 Å². The van der Waals surface area contributed by atoms with Crippen LogP contribution in [0.2, 0.25) is 0 Å². The molecule has 7 aromatic carbocycles. The Balaban J connectivity index is 0.893. The maximum atomic E-state index is 14.3. The van der Waals surface area contributed by atoms with Crippen LogP contribution in [0.3, 0.4) is 0 Å². The number of piperidine rings is 2. The Morgan fingerprint density at radius 3 is 1.50 bits per heavy atom. The van der Waals surface area contributed by atoms with E-state index in [1.165, 1.54) is 39.8 Å². The van der Waals surface area contributed by atoms with Crippen LogP contribution in [-0.2, 0) is 19.0 Å². The van der Waals surface area contributed by atoms with Gasteiger partial charge in [-0.3, -0.25) is 19.9 Å². The van der Waals surface area contributed by atoms with Crippen molar-refractivity contribution in [1.29, 1.82) is 0 Å². The molecule has 2 N–H and O–H groups in total. The van der Waals surface area contributed by atoms with E-state index >= 15 is 0 Å². The lowest BCUT2D eigenvalue weighted by Crippen LogP contribution is -2.54. The van der Waals surface area contributed by atoms with Gasteiger partial charge in [0.1, 0.15) is 11.9 Å². The number of carbonyl (C=O) groups is 2. The summed E-state index contributed by atoms with van der Waals surface area (Å²) >= 11 is 3.81. The molecule has 3 atom stereocenters. The zero-order chi connectivity index (χ0) is 51.0. The van der Waals surface area contributed by atoms with E-state index in [1.807, 2.05) is 48.6 Å². The molecule has 382 valence electrons. The normalized spacial score (nSPS) is 16.8. The van der Waals surface area contributed by atoms with Gasteiger partial charge in [0.15, 0.2) is 0 Å². The second-order valence-corrected chi connectivity index (χ2v) is 22.2. The Kier molecular flexibility index (Phi) is 18.3. The second-order valence-electron chi connectivity index (χ2n) is 19.5. The molecule has 2 aliphatic heterocycles. The molecule has 0 aliphatic carbocycles. The van der Waals surface area contributed by atoms with Gasteiger partial charge in [0, 0.05) is 49.5 Å². The molecule has 8 nitrogen and oxygen atoms in total. The highest BCUT2D eigenvalue weighted by Crippen LogP contribution is 2.50. The first kappa shape index (κ1) is 52.6. The summed E-state index contributed by atoms with van der Waals surface area (Å²) in [6.07, 6.45) is 5.33. The number of nitrogens with one attached hydrogen (secondary N) is 2. The molecule has 9 rings (SSSR count). The number of benzene rings is 7. The fraction of sp³-hybridized carbons (Fsp3) is 0.312. The molecule has 7 aromatic rings. The molecule has 2 saturated heterocycles. The fourth-order valence-electron chi connectivity index (χ4n) is 11.4. The first-order valence-electron chi connectivity index (χ1n) is 26.3. The van der Waals surface area contributed by atoms with Crippen LogP contribution in [-0.4, -0.2) is 91.3 Å². The highest BCUT2D eigenvalue weighted by Gasteiger charge is 2.41. The van der Waals surface area contributed by atoms with Gasteiger partial charge in [-0.25, -0.2) is 4.79 Å². The molecule has 0 aromatic heterocycles. The molecule has 1 unspecified atom stereocenters. The fourth-order valence-corrected chi connectivity index (χ4v) is 14.3. The average molecular weight is 1020 g/mol. The van der Waals surface area contributed by atoms with E-state index in [1.54, 1.807) is 7.11 Å². The Labute approximate surface area is 447 Å². The predicted octanol–water partition coefficient (Wildman–Crippen LogP) is 13.2. The van der Waals surface area contributed by atoms with Crippen LogP contribution in [0.25, 0.3) is 0 Å². The van der Waals surface area contributed by atoms with Crippen molar-refractivity contribution in [3.05, 3.63) is 239 Å². The number of aryl methyl sites for hydroxylation is 1. The molecule has 74 heavy (non-hydrogen) atoms. The van der Waals surface area contributed by atoms with Crippen LogP contribution >= 0.6 is 23.5 Å². The number of rotatable bonds is 23. The molecular weight excluding hydrogens is 953 g/mol. The molecular formula is C64H70N4O4S2. The van der Waals surface area contributed by atoms with Crippen LogP contribution in [0.4, 0.5) is 10.5 Å². The minimum absolute atomic E-state index is 0.0390. The Morgan fingerprint density at radius 2 is 1.05 bits per heavy atom. The quantitative estimate of drug-likeness (QED) is 0.0484. The Bertz CT molecular complexity index is 2620. The summed E-state index contributed by atoms with van der Waals surface area (Å²) in [6, 6.07) is 71.2. The Hall–Kier alpha value is -6.30. The predicted molar refractivity (Wildman–Crippen MR) is 306 cm³/mol. The van der Waals surface area contributed by atoms with Crippen molar-refractivity contribution in [3.63, 3.8) is 0 Å². The second kappa shape index (κ2) is 25.8. The molecule has 2 heterocycles. The van der Waals surface area contributed by atoms with Gasteiger partial charge >= 0.3 is 6.09 Å². The smallest absolute Gasteiger partial charge is 0.412 e. The van der Waals surface area contributed by atoms with Gasteiger partial charge in [-0.15, -0.1) is 23.5 Å². The van der Waals surface area contributed by atoms with Gasteiger partial charge in [-0.2, -0.15) is 0 Å². The van der Waals surface area contributed by atoms with E-state index in [0.29, 0.717) is 36.6 Å². The monoisotopic (exact) mass is 1020 g/mol. The van der Waals surface area contributed by atoms with Crippen molar-refractivity contribution in [2.75, 3.05) is 56.7 Å². The van der Waals surface area contributed by atoms with Crippen molar-refractivity contribution in [3.8, 4) is 5.75 Å². The number of hydrogen-bond acceptors (Lipinski definition) is 8. The van der Waals surface area contributed by atoms with Crippen LogP contribution in [0, 0.1) is 6.92 Å². The van der Waals surface area contributed by atoms with E-state index in [4.69, 9.17) is 9.47 Å².